The van der Waals surface area contributed by atoms with Crippen molar-refractivity contribution in [1.82, 2.24) is 35.2 Å². The molecule has 0 saturated carbocycles. The average Bonchev–Trinajstić information content (AvgIpc) is 3.08. The predicted octanol–water partition coefficient (Wildman–Crippen LogP) is 1.14. The molecule has 2 heterocycles. The minimum Gasteiger partial charge on any atom is -0.478 e. The first-order valence-electron chi connectivity index (χ1n) is 7.47. The van der Waals surface area contributed by atoms with Gasteiger partial charge in [-0.3, -0.25) is 0 Å². The van der Waals surface area contributed by atoms with Gasteiger partial charge in [0.15, 0.2) is 0 Å². The van der Waals surface area contributed by atoms with Gasteiger partial charge in [-0.25, -0.2) is 4.79 Å². The molecule has 0 aliphatic heterocycles. The second-order valence-electron chi connectivity index (χ2n) is 5.44. The van der Waals surface area contributed by atoms with Gasteiger partial charge in [0, 0.05) is 14.1 Å². The van der Waals surface area contributed by atoms with Crippen molar-refractivity contribution >= 4 is 41.2 Å². The van der Waals surface area contributed by atoms with Crippen molar-refractivity contribution in [2.24, 2.45) is 0 Å². The summed E-state index contributed by atoms with van der Waals surface area (Å²) in [6.45, 7) is 0. The lowest BCUT2D eigenvalue weighted by molar-refractivity contribution is 0.0697. The van der Waals surface area contributed by atoms with Crippen molar-refractivity contribution in [3.63, 3.8) is 0 Å². The van der Waals surface area contributed by atoms with Gasteiger partial charge in [0.1, 0.15) is 5.82 Å². The summed E-state index contributed by atoms with van der Waals surface area (Å²) < 4.78 is 1.41. The van der Waals surface area contributed by atoms with Gasteiger partial charge >= 0.3 is 5.97 Å². The van der Waals surface area contributed by atoms with Gasteiger partial charge in [0.2, 0.25) is 17.1 Å². The van der Waals surface area contributed by atoms with Gasteiger partial charge in [-0.1, -0.05) is 23.4 Å². The molecule has 0 bridgehead atoms. The van der Waals surface area contributed by atoms with E-state index in [4.69, 9.17) is 17.3 Å². The van der Waals surface area contributed by atoms with Crippen LogP contribution in [-0.2, 0) is 5.75 Å². The molecule has 0 spiro atoms. The van der Waals surface area contributed by atoms with Crippen molar-refractivity contribution in [2.75, 3.05) is 24.7 Å². The predicted molar refractivity (Wildman–Crippen MR) is 99.3 cm³/mol. The quantitative estimate of drug-likeness (QED) is 0.566. The van der Waals surface area contributed by atoms with Crippen LogP contribution in [-0.4, -0.2) is 60.3 Å². The van der Waals surface area contributed by atoms with Crippen LogP contribution in [0, 0.1) is 0 Å². The van der Waals surface area contributed by atoms with E-state index in [1.165, 1.54) is 28.6 Å². The number of nitrogen functional groups attached to an aromatic ring is 1. The maximum atomic E-state index is 11.3. The number of nitrogens with zero attached hydrogens (tertiary/aromatic N) is 8. The molecule has 3 N–H and O–H groups in total. The van der Waals surface area contributed by atoms with Crippen LogP contribution in [0.15, 0.2) is 23.4 Å². The fourth-order valence-electron chi connectivity index (χ4n) is 2.06. The van der Waals surface area contributed by atoms with Gasteiger partial charge in [-0.2, -0.15) is 19.6 Å². The number of benzene rings is 1. The molecule has 0 aliphatic rings. The zero-order valence-electron chi connectivity index (χ0n) is 14.2. The van der Waals surface area contributed by atoms with Crippen LogP contribution in [0.2, 0.25) is 5.02 Å². The number of nitrogens with two attached hydrogens (primary N) is 1. The normalized spacial score (nSPS) is 10.8. The average molecular weight is 408 g/mol. The highest BCUT2D eigenvalue weighted by molar-refractivity contribution is 7.98. The van der Waals surface area contributed by atoms with Crippen LogP contribution in [0.4, 0.5) is 11.9 Å². The number of halogens is 1. The molecule has 3 rings (SSSR count). The molecular weight excluding hydrogens is 394 g/mol. The highest BCUT2D eigenvalue weighted by Crippen LogP contribution is 2.24. The highest BCUT2D eigenvalue weighted by Gasteiger charge is 2.15. The van der Waals surface area contributed by atoms with Crippen molar-refractivity contribution < 1.29 is 9.90 Å². The summed E-state index contributed by atoms with van der Waals surface area (Å²) in [7, 11) is 3.60. The molecule has 11 nitrogen and oxygen atoms in total. The van der Waals surface area contributed by atoms with E-state index in [2.05, 4.69) is 30.5 Å². The number of aromatic carboxylic acids is 1. The molecule has 0 aliphatic carbocycles. The Morgan fingerprint density at radius 2 is 2.11 bits per heavy atom. The summed E-state index contributed by atoms with van der Waals surface area (Å²) >= 11 is 7.17. The molecule has 0 unspecified atom stereocenters. The summed E-state index contributed by atoms with van der Waals surface area (Å²) in [6.07, 6.45) is 0. The van der Waals surface area contributed by atoms with Crippen LogP contribution in [0.5, 0.6) is 0 Å². The lowest BCUT2D eigenvalue weighted by Gasteiger charge is -2.11. The Labute approximate surface area is 162 Å². The number of carboxylic acids is 1. The van der Waals surface area contributed by atoms with Crippen molar-refractivity contribution in [3.8, 4) is 5.69 Å². The Morgan fingerprint density at radius 1 is 1.33 bits per heavy atom. The molecule has 27 heavy (non-hydrogen) atoms. The number of tetrazole rings is 1. The van der Waals surface area contributed by atoms with E-state index in [-0.39, 0.29) is 16.5 Å². The fourth-order valence-corrected chi connectivity index (χ4v) is 3.00. The molecular formula is C14H14ClN9O2S. The third-order valence-electron chi connectivity index (χ3n) is 3.28. The molecule has 140 valence electrons. The number of hydrogen-bond donors (Lipinski definition) is 2. The fraction of sp³-hybridized carbons (Fsp3) is 0.214. The van der Waals surface area contributed by atoms with E-state index < -0.39 is 5.97 Å². The zero-order chi connectivity index (χ0) is 19.6. The summed E-state index contributed by atoms with van der Waals surface area (Å²) in [4.78, 5) is 25.4. The van der Waals surface area contributed by atoms with E-state index >= 15 is 0 Å². The number of carbonyl (C=O) groups is 1. The van der Waals surface area contributed by atoms with Crippen LogP contribution >= 0.6 is 23.4 Å². The second-order valence-corrected chi connectivity index (χ2v) is 6.79. The first-order chi connectivity index (χ1) is 12.8. The van der Waals surface area contributed by atoms with Gasteiger partial charge < -0.3 is 15.7 Å². The lowest BCUT2D eigenvalue weighted by Crippen LogP contribution is -2.16. The van der Waals surface area contributed by atoms with E-state index in [0.29, 0.717) is 28.4 Å². The molecule has 1 aromatic carbocycles. The Balaban J connectivity index is 1.85. The van der Waals surface area contributed by atoms with E-state index in [9.17, 15) is 9.90 Å². The SMILES string of the molecule is CN(C)c1nc(N)nc(CSc2nnnn2-c2ccc(Cl)c(C(=O)O)c2)n1. The molecule has 0 saturated heterocycles. The van der Waals surface area contributed by atoms with Crippen molar-refractivity contribution in [2.45, 2.75) is 10.9 Å². The van der Waals surface area contributed by atoms with E-state index in [0.717, 1.165) is 0 Å². The Morgan fingerprint density at radius 3 is 2.81 bits per heavy atom. The third kappa shape index (κ3) is 4.23. The first-order valence-corrected chi connectivity index (χ1v) is 8.83. The van der Waals surface area contributed by atoms with Crippen LogP contribution in [0.1, 0.15) is 16.2 Å². The number of hydrogen-bond acceptors (Lipinski definition) is 10. The molecule has 13 heteroatoms. The summed E-state index contributed by atoms with van der Waals surface area (Å²) in [5, 5.41) is 21.3. The molecule has 0 fully saturated rings. The van der Waals surface area contributed by atoms with Gasteiger partial charge in [0.25, 0.3) is 0 Å². The largest absolute Gasteiger partial charge is 0.478 e. The van der Waals surface area contributed by atoms with Gasteiger partial charge in [-0.15, -0.1) is 5.10 Å². The number of carboxylic acid groups (broad SMARTS) is 1. The summed E-state index contributed by atoms with van der Waals surface area (Å²) in [5.41, 5.74) is 6.14. The number of aromatic nitrogens is 7. The van der Waals surface area contributed by atoms with Crippen LogP contribution in [0.3, 0.4) is 0 Å². The van der Waals surface area contributed by atoms with Crippen LogP contribution < -0.4 is 10.6 Å². The highest BCUT2D eigenvalue weighted by atomic mass is 35.5. The molecule has 0 amide bonds. The monoisotopic (exact) mass is 407 g/mol. The Kier molecular flexibility index (Phi) is 5.37. The topological polar surface area (TPSA) is 149 Å². The molecule has 3 aromatic rings. The maximum Gasteiger partial charge on any atom is 0.337 e. The minimum atomic E-state index is -1.14. The van der Waals surface area contributed by atoms with Crippen molar-refractivity contribution in [1.29, 1.82) is 0 Å². The zero-order valence-corrected chi connectivity index (χ0v) is 15.8. The third-order valence-corrected chi connectivity index (χ3v) is 4.53. The first kappa shape index (κ1) is 18.8. The number of thioether (sulfide) groups is 1. The summed E-state index contributed by atoms with van der Waals surface area (Å²) in [5.74, 6) is 0.233. The lowest BCUT2D eigenvalue weighted by atomic mass is 10.2. The molecule has 0 atom stereocenters. The van der Waals surface area contributed by atoms with Crippen LogP contribution in [0.25, 0.3) is 5.69 Å². The standard InChI is InChI=1S/C14H14ClN9O2S/c1-23(2)13-18-10(17-12(16)19-13)6-27-14-20-21-22-24(14)7-3-4-9(15)8(5-7)11(25)26/h3-5H,6H2,1-2H3,(H,25,26)(H2,16,17,18,19). The van der Waals surface area contributed by atoms with E-state index in [1.54, 1.807) is 25.1 Å². The molecule has 0 radical (unpaired) electrons. The Bertz CT molecular complexity index is 994. The summed E-state index contributed by atoms with van der Waals surface area (Å²) in [6, 6.07) is 4.50. The van der Waals surface area contributed by atoms with Gasteiger partial charge in [0.05, 0.1) is 22.0 Å². The number of rotatable bonds is 6. The van der Waals surface area contributed by atoms with Gasteiger partial charge in [-0.05, 0) is 28.6 Å². The minimum absolute atomic E-state index is 0.0403. The second kappa shape index (κ2) is 7.72. The smallest absolute Gasteiger partial charge is 0.337 e. The van der Waals surface area contributed by atoms with Crippen molar-refractivity contribution in [3.05, 3.63) is 34.6 Å². The van der Waals surface area contributed by atoms with E-state index in [1.807, 2.05) is 0 Å². The number of anilines is 2. The molecule has 2 aromatic heterocycles. The maximum absolute atomic E-state index is 11.3. The Hall–Kier alpha value is -2.99.